The molecule has 1 aliphatic rings. The molecule has 0 unspecified atom stereocenters. The lowest BCUT2D eigenvalue weighted by atomic mass is 10.1. The maximum Gasteiger partial charge on any atom is 0.289 e. The van der Waals surface area contributed by atoms with Gasteiger partial charge in [-0.1, -0.05) is 12.1 Å². The molecule has 1 amide bonds. The van der Waals surface area contributed by atoms with E-state index in [4.69, 9.17) is 0 Å². The minimum absolute atomic E-state index is 0.0194. The SMILES string of the molecule is O=C(CCc1cc(F)ccc1F)N1CCN(S(=O)(=O)c2ccccc2[N+](=O)[O-])CC1. The summed E-state index contributed by atoms with van der Waals surface area (Å²) >= 11 is 0. The lowest BCUT2D eigenvalue weighted by Crippen LogP contribution is -2.50. The quantitative estimate of drug-likeness (QED) is 0.508. The second kappa shape index (κ2) is 8.84. The topological polar surface area (TPSA) is 101 Å². The van der Waals surface area contributed by atoms with Gasteiger partial charge in [-0.3, -0.25) is 14.9 Å². The molecule has 0 spiro atoms. The normalized spacial score (nSPS) is 15.2. The summed E-state index contributed by atoms with van der Waals surface area (Å²) in [4.78, 5) is 23.8. The second-order valence-corrected chi connectivity index (χ2v) is 8.65. The van der Waals surface area contributed by atoms with Gasteiger partial charge in [0, 0.05) is 38.7 Å². The summed E-state index contributed by atoms with van der Waals surface area (Å²) in [7, 11) is -4.09. The Balaban J connectivity index is 1.62. The summed E-state index contributed by atoms with van der Waals surface area (Å²) in [5.41, 5.74) is -0.408. The van der Waals surface area contributed by atoms with E-state index >= 15 is 0 Å². The van der Waals surface area contributed by atoms with E-state index in [1.54, 1.807) is 0 Å². The fourth-order valence-electron chi connectivity index (χ4n) is 3.28. The molecule has 1 heterocycles. The van der Waals surface area contributed by atoms with Gasteiger partial charge in [0.1, 0.15) is 11.6 Å². The van der Waals surface area contributed by atoms with E-state index in [9.17, 15) is 32.1 Å². The molecule has 0 aromatic heterocycles. The number of piperazine rings is 1. The van der Waals surface area contributed by atoms with Gasteiger partial charge in [0.15, 0.2) is 4.90 Å². The van der Waals surface area contributed by atoms with Crippen molar-refractivity contribution in [2.45, 2.75) is 17.7 Å². The highest BCUT2D eigenvalue weighted by molar-refractivity contribution is 7.89. The molecular weight excluding hydrogens is 420 g/mol. The largest absolute Gasteiger partial charge is 0.340 e. The summed E-state index contributed by atoms with van der Waals surface area (Å²) in [6.45, 7) is 0.164. The van der Waals surface area contributed by atoms with E-state index < -0.39 is 37.2 Å². The third-order valence-corrected chi connectivity index (χ3v) is 6.83. The Bertz CT molecular complexity index is 1070. The zero-order chi connectivity index (χ0) is 21.9. The van der Waals surface area contributed by atoms with Gasteiger partial charge in [0.2, 0.25) is 15.9 Å². The van der Waals surface area contributed by atoms with Crippen molar-refractivity contribution in [3.05, 3.63) is 69.8 Å². The Morgan fingerprint density at radius 1 is 1.07 bits per heavy atom. The summed E-state index contributed by atoms with van der Waals surface area (Å²) < 4.78 is 53.6. The van der Waals surface area contributed by atoms with Gasteiger partial charge in [-0.25, -0.2) is 17.2 Å². The predicted octanol–water partition coefficient (Wildman–Crippen LogP) is 2.34. The first kappa shape index (κ1) is 21.8. The smallest absolute Gasteiger partial charge is 0.289 e. The number of aryl methyl sites for hydroxylation is 1. The minimum atomic E-state index is -4.09. The number of rotatable bonds is 6. The Labute approximate surface area is 171 Å². The van der Waals surface area contributed by atoms with E-state index in [0.717, 1.165) is 28.6 Å². The number of nitrogens with zero attached hydrogens (tertiary/aromatic N) is 3. The number of amides is 1. The molecule has 2 aromatic carbocycles. The number of benzene rings is 2. The Morgan fingerprint density at radius 2 is 1.73 bits per heavy atom. The number of hydrogen-bond acceptors (Lipinski definition) is 5. The minimum Gasteiger partial charge on any atom is -0.340 e. The third kappa shape index (κ3) is 4.62. The molecule has 0 N–H and O–H groups in total. The van der Waals surface area contributed by atoms with Crippen molar-refractivity contribution < 1.29 is 26.9 Å². The summed E-state index contributed by atoms with van der Waals surface area (Å²) in [6.07, 6.45) is -0.0194. The molecule has 160 valence electrons. The van der Waals surface area contributed by atoms with Crippen LogP contribution in [0.4, 0.5) is 14.5 Å². The van der Waals surface area contributed by atoms with Crippen LogP contribution in [0.25, 0.3) is 0 Å². The van der Waals surface area contributed by atoms with E-state index in [-0.39, 0.29) is 50.5 Å². The molecule has 8 nitrogen and oxygen atoms in total. The second-order valence-electron chi connectivity index (χ2n) is 6.75. The highest BCUT2D eigenvalue weighted by Gasteiger charge is 2.34. The molecule has 1 saturated heterocycles. The number of carbonyl (C=O) groups is 1. The molecule has 0 bridgehead atoms. The molecule has 0 radical (unpaired) electrons. The van der Waals surface area contributed by atoms with Crippen LogP contribution in [0.5, 0.6) is 0 Å². The fourth-order valence-corrected chi connectivity index (χ4v) is 4.86. The highest BCUT2D eigenvalue weighted by Crippen LogP contribution is 2.27. The van der Waals surface area contributed by atoms with E-state index in [1.165, 1.54) is 23.1 Å². The van der Waals surface area contributed by atoms with Crippen LogP contribution in [-0.4, -0.2) is 54.6 Å². The van der Waals surface area contributed by atoms with Gasteiger partial charge in [0.05, 0.1) is 4.92 Å². The Morgan fingerprint density at radius 3 is 2.40 bits per heavy atom. The van der Waals surface area contributed by atoms with Crippen LogP contribution in [0.1, 0.15) is 12.0 Å². The maximum atomic E-state index is 13.7. The van der Waals surface area contributed by atoms with E-state index in [1.807, 2.05) is 0 Å². The number of halogens is 2. The van der Waals surface area contributed by atoms with Crippen molar-refractivity contribution in [3.8, 4) is 0 Å². The van der Waals surface area contributed by atoms with Crippen molar-refractivity contribution in [2.75, 3.05) is 26.2 Å². The van der Waals surface area contributed by atoms with Gasteiger partial charge >= 0.3 is 0 Å². The lowest BCUT2D eigenvalue weighted by molar-refractivity contribution is -0.387. The lowest BCUT2D eigenvalue weighted by Gasteiger charge is -2.34. The number of para-hydroxylation sites is 1. The Kier molecular flexibility index (Phi) is 6.42. The highest BCUT2D eigenvalue weighted by atomic mass is 32.2. The van der Waals surface area contributed by atoms with Crippen LogP contribution in [0.2, 0.25) is 0 Å². The molecule has 11 heteroatoms. The van der Waals surface area contributed by atoms with Crippen LogP contribution in [-0.2, 0) is 21.2 Å². The van der Waals surface area contributed by atoms with Crippen molar-refractivity contribution in [1.82, 2.24) is 9.21 Å². The maximum absolute atomic E-state index is 13.7. The zero-order valence-corrected chi connectivity index (χ0v) is 16.6. The first-order chi connectivity index (χ1) is 14.2. The van der Waals surface area contributed by atoms with Crippen LogP contribution >= 0.6 is 0 Å². The van der Waals surface area contributed by atoms with Gasteiger partial charge < -0.3 is 4.90 Å². The van der Waals surface area contributed by atoms with Crippen molar-refractivity contribution in [3.63, 3.8) is 0 Å². The first-order valence-corrected chi connectivity index (χ1v) is 10.6. The number of hydrogen-bond donors (Lipinski definition) is 0. The number of nitro benzene ring substituents is 1. The number of nitro groups is 1. The molecular formula is C19H19F2N3O5S. The monoisotopic (exact) mass is 439 g/mol. The van der Waals surface area contributed by atoms with Gasteiger partial charge in [-0.05, 0) is 36.2 Å². The van der Waals surface area contributed by atoms with Crippen molar-refractivity contribution >= 4 is 21.6 Å². The molecule has 30 heavy (non-hydrogen) atoms. The molecule has 3 rings (SSSR count). The number of carbonyl (C=O) groups excluding carboxylic acids is 1. The summed E-state index contributed by atoms with van der Waals surface area (Å²) in [6, 6.07) is 8.13. The molecule has 0 aliphatic carbocycles. The first-order valence-electron chi connectivity index (χ1n) is 9.15. The average Bonchev–Trinajstić information content (AvgIpc) is 2.74. The van der Waals surface area contributed by atoms with Crippen molar-refractivity contribution in [2.24, 2.45) is 0 Å². The van der Waals surface area contributed by atoms with E-state index in [2.05, 4.69) is 0 Å². The van der Waals surface area contributed by atoms with Crippen LogP contribution in [0.15, 0.2) is 47.4 Å². The molecule has 0 saturated carbocycles. The van der Waals surface area contributed by atoms with Gasteiger partial charge in [0.25, 0.3) is 5.69 Å². The van der Waals surface area contributed by atoms with Crippen LogP contribution in [0, 0.1) is 21.7 Å². The summed E-state index contributed by atoms with van der Waals surface area (Å²) in [5, 5.41) is 11.1. The number of sulfonamides is 1. The average molecular weight is 439 g/mol. The summed E-state index contributed by atoms with van der Waals surface area (Å²) in [5.74, 6) is -1.49. The van der Waals surface area contributed by atoms with E-state index in [0.29, 0.717) is 0 Å². The molecule has 1 aliphatic heterocycles. The molecule has 0 atom stereocenters. The van der Waals surface area contributed by atoms with Gasteiger partial charge in [-0.15, -0.1) is 0 Å². The molecule has 1 fully saturated rings. The molecule has 2 aromatic rings. The third-order valence-electron chi connectivity index (χ3n) is 4.89. The van der Waals surface area contributed by atoms with Crippen molar-refractivity contribution in [1.29, 1.82) is 0 Å². The van der Waals surface area contributed by atoms with Gasteiger partial charge in [-0.2, -0.15) is 4.31 Å². The zero-order valence-electron chi connectivity index (χ0n) is 15.8. The fraction of sp³-hybridized carbons (Fsp3) is 0.316. The predicted molar refractivity (Wildman–Crippen MR) is 103 cm³/mol. The Hall–Kier alpha value is -2.92. The standard InChI is InChI=1S/C19H19F2N3O5S/c20-15-6-7-16(21)14(13-15)5-8-19(25)22-9-11-23(12-10-22)30(28,29)18-4-2-1-3-17(18)24(26)27/h1-4,6-7,13H,5,8-12H2. The van der Waals surface area contributed by atoms with Crippen LogP contribution < -0.4 is 0 Å². The van der Waals surface area contributed by atoms with Crippen LogP contribution in [0.3, 0.4) is 0 Å².